The number of hydrogen-bond donors (Lipinski definition) is 1. The molecule has 6 nitrogen and oxygen atoms in total. The molecular weight excluding hydrogens is 326 g/mol. The van der Waals surface area contributed by atoms with Crippen LogP contribution in [0.25, 0.3) is 0 Å². The number of carboxylic acids is 1. The Labute approximate surface area is 124 Å². The van der Waals surface area contributed by atoms with Gasteiger partial charge in [-0.25, -0.2) is 9.48 Å². The summed E-state index contributed by atoms with van der Waals surface area (Å²) in [6, 6.07) is 3.89. The van der Waals surface area contributed by atoms with Crippen molar-refractivity contribution >= 4 is 21.9 Å². The second kappa shape index (κ2) is 6.04. The molecule has 1 heterocycles. The van der Waals surface area contributed by atoms with Crippen LogP contribution in [0, 0.1) is 13.8 Å². The molecule has 2 rings (SSSR count). The van der Waals surface area contributed by atoms with Crippen LogP contribution in [-0.2, 0) is 6.54 Å². The average molecular weight is 340 g/mol. The predicted molar refractivity (Wildman–Crippen MR) is 76.1 cm³/mol. The molecule has 1 aromatic carbocycles. The molecular formula is C13H14BrN3O3. The normalized spacial score (nSPS) is 10.6. The van der Waals surface area contributed by atoms with Crippen LogP contribution in [-0.4, -0.2) is 32.7 Å². The number of aromatic carboxylic acids is 1. The molecule has 1 N–H and O–H groups in total. The predicted octanol–water partition coefficient (Wildman–Crippen LogP) is 2.43. The summed E-state index contributed by atoms with van der Waals surface area (Å²) in [5, 5.41) is 16.0. The highest BCUT2D eigenvalue weighted by Crippen LogP contribution is 2.26. The van der Waals surface area contributed by atoms with Crippen LogP contribution in [0.2, 0.25) is 0 Å². The highest BCUT2D eigenvalue weighted by molar-refractivity contribution is 9.10. The van der Waals surface area contributed by atoms with Gasteiger partial charge in [0, 0.05) is 4.47 Å². The van der Waals surface area contributed by atoms with Crippen molar-refractivity contribution in [1.29, 1.82) is 0 Å². The zero-order chi connectivity index (χ0) is 14.7. The fraction of sp³-hybridized carbons (Fsp3) is 0.308. The van der Waals surface area contributed by atoms with E-state index in [0.717, 1.165) is 21.3 Å². The van der Waals surface area contributed by atoms with Gasteiger partial charge in [-0.15, -0.1) is 5.10 Å². The van der Waals surface area contributed by atoms with E-state index in [4.69, 9.17) is 9.84 Å². The smallest absolute Gasteiger partial charge is 0.358 e. The maximum absolute atomic E-state index is 10.7. The Morgan fingerprint density at radius 2 is 2.05 bits per heavy atom. The first-order chi connectivity index (χ1) is 9.47. The van der Waals surface area contributed by atoms with Gasteiger partial charge in [0.1, 0.15) is 12.4 Å². The molecule has 0 radical (unpaired) electrons. The van der Waals surface area contributed by atoms with Gasteiger partial charge < -0.3 is 9.84 Å². The number of aryl methyl sites for hydroxylation is 2. The standard InChI is InChI=1S/C13H14BrN3O3/c1-8-5-10(6-9(2)12(8)14)20-4-3-17-7-11(13(18)19)15-16-17/h5-7H,3-4H2,1-2H3,(H,18,19). The van der Waals surface area contributed by atoms with Gasteiger partial charge in [0.05, 0.1) is 12.7 Å². The minimum Gasteiger partial charge on any atom is -0.492 e. The van der Waals surface area contributed by atoms with Crippen molar-refractivity contribution in [3.63, 3.8) is 0 Å². The van der Waals surface area contributed by atoms with E-state index >= 15 is 0 Å². The molecule has 0 aliphatic heterocycles. The fourth-order valence-corrected chi connectivity index (χ4v) is 1.98. The van der Waals surface area contributed by atoms with E-state index in [1.165, 1.54) is 10.9 Å². The number of nitrogens with zero attached hydrogens (tertiary/aromatic N) is 3. The number of rotatable bonds is 5. The lowest BCUT2D eigenvalue weighted by atomic mass is 10.1. The van der Waals surface area contributed by atoms with Crippen LogP contribution in [0.5, 0.6) is 5.75 Å². The molecule has 0 fully saturated rings. The molecule has 0 atom stereocenters. The monoisotopic (exact) mass is 339 g/mol. The summed E-state index contributed by atoms with van der Waals surface area (Å²) in [7, 11) is 0. The second-order valence-corrected chi connectivity index (χ2v) is 5.18. The van der Waals surface area contributed by atoms with Crippen LogP contribution >= 0.6 is 15.9 Å². The van der Waals surface area contributed by atoms with Gasteiger partial charge in [-0.2, -0.15) is 0 Å². The highest BCUT2D eigenvalue weighted by Gasteiger charge is 2.08. The van der Waals surface area contributed by atoms with Crippen molar-refractivity contribution in [2.24, 2.45) is 0 Å². The van der Waals surface area contributed by atoms with Crippen molar-refractivity contribution in [1.82, 2.24) is 15.0 Å². The molecule has 0 bridgehead atoms. The lowest BCUT2D eigenvalue weighted by Crippen LogP contribution is -2.09. The molecule has 1 aromatic heterocycles. The first-order valence-electron chi connectivity index (χ1n) is 6.00. The quantitative estimate of drug-likeness (QED) is 0.905. The molecule has 0 saturated carbocycles. The molecule has 0 spiro atoms. The Morgan fingerprint density at radius 3 is 2.60 bits per heavy atom. The van der Waals surface area contributed by atoms with Crippen molar-refractivity contribution in [2.75, 3.05) is 6.61 Å². The number of aromatic nitrogens is 3. The lowest BCUT2D eigenvalue weighted by Gasteiger charge is -2.10. The van der Waals surface area contributed by atoms with Crippen molar-refractivity contribution in [2.45, 2.75) is 20.4 Å². The van der Waals surface area contributed by atoms with Crippen LogP contribution in [0.15, 0.2) is 22.8 Å². The van der Waals surface area contributed by atoms with E-state index in [2.05, 4.69) is 26.2 Å². The second-order valence-electron chi connectivity index (χ2n) is 4.39. The topological polar surface area (TPSA) is 77.2 Å². The summed E-state index contributed by atoms with van der Waals surface area (Å²) in [5.41, 5.74) is 2.14. The van der Waals surface area contributed by atoms with Crippen LogP contribution in [0.3, 0.4) is 0 Å². The molecule has 0 unspecified atom stereocenters. The number of hydrogen-bond acceptors (Lipinski definition) is 4. The van der Waals surface area contributed by atoms with Gasteiger partial charge >= 0.3 is 5.97 Å². The van der Waals surface area contributed by atoms with E-state index in [0.29, 0.717) is 13.2 Å². The molecule has 20 heavy (non-hydrogen) atoms. The molecule has 7 heteroatoms. The summed E-state index contributed by atoms with van der Waals surface area (Å²) in [6.07, 6.45) is 1.38. The Morgan fingerprint density at radius 1 is 1.40 bits per heavy atom. The van der Waals surface area contributed by atoms with E-state index in [9.17, 15) is 4.79 Å². The Kier molecular flexibility index (Phi) is 4.39. The third-order valence-electron chi connectivity index (χ3n) is 2.76. The summed E-state index contributed by atoms with van der Waals surface area (Å²) in [5.74, 6) is -0.307. The highest BCUT2D eigenvalue weighted by atomic mass is 79.9. The fourth-order valence-electron chi connectivity index (χ4n) is 1.75. The molecule has 0 amide bonds. The maximum atomic E-state index is 10.7. The molecule has 0 aliphatic carbocycles. The van der Waals surface area contributed by atoms with Gasteiger partial charge in [0.2, 0.25) is 0 Å². The van der Waals surface area contributed by atoms with Crippen molar-refractivity contribution in [3.05, 3.63) is 39.6 Å². The summed E-state index contributed by atoms with van der Waals surface area (Å²) in [4.78, 5) is 10.7. The first-order valence-corrected chi connectivity index (χ1v) is 6.79. The van der Waals surface area contributed by atoms with Gasteiger partial charge in [0.15, 0.2) is 5.69 Å². The minimum absolute atomic E-state index is 0.0691. The van der Waals surface area contributed by atoms with Crippen molar-refractivity contribution < 1.29 is 14.6 Å². The third kappa shape index (κ3) is 3.36. The van der Waals surface area contributed by atoms with Gasteiger partial charge in [-0.05, 0) is 37.1 Å². The summed E-state index contributed by atoms with van der Waals surface area (Å²) in [6.45, 7) is 4.83. The van der Waals surface area contributed by atoms with Crippen LogP contribution in [0.1, 0.15) is 21.6 Å². The SMILES string of the molecule is Cc1cc(OCCn2cc(C(=O)O)nn2)cc(C)c1Br. The molecule has 2 aromatic rings. The van der Waals surface area contributed by atoms with E-state index < -0.39 is 5.97 Å². The number of halogens is 1. The Bertz CT molecular complexity index is 617. The maximum Gasteiger partial charge on any atom is 0.358 e. The molecule has 106 valence electrons. The third-order valence-corrected chi connectivity index (χ3v) is 4.01. The zero-order valence-electron chi connectivity index (χ0n) is 11.1. The van der Waals surface area contributed by atoms with Gasteiger partial charge in [-0.3, -0.25) is 0 Å². The lowest BCUT2D eigenvalue weighted by molar-refractivity contribution is 0.0690. The Hall–Kier alpha value is -1.89. The number of carbonyl (C=O) groups is 1. The van der Waals surface area contributed by atoms with E-state index in [1.54, 1.807) is 0 Å². The van der Waals surface area contributed by atoms with E-state index in [1.807, 2.05) is 26.0 Å². The summed E-state index contributed by atoms with van der Waals surface area (Å²) >= 11 is 3.50. The largest absolute Gasteiger partial charge is 0.492 e. The minimum atomic E-state index is -1.09. The van der Waals surface area contributed by atoms with E-state index in [-0.39, 0.29) is 5.69 Å². The van der Waals surface area contributed by atoms with Gasteiger partial charge in [-0.1, -0.05) is 21.1 Å². The first kappa shape index (κ1) is 14.5. The Balaban J connectivity index is 1.94. The number of carboxylic acid groups (broad SMARTS) is 1. The van der Waals surface area contributed by atoms with Crippen LogP contribution < -0.4 is 4.74 Å². The zero-order valence-corrected chi connectivity index (χ0v) is 12.7. The average Bonchev–Trinajstić information content (AvgIpc) is 2.85. The van der Waals surface area contributed by atoms with Crippen LogP contribution in [0.4, 0.5) is 0 Å². The molecule has 0 saturated heterocycles. The summed E-state index contributed by atoms with van der Waals surface area (Å²) < 4.78 is 8.16. The van der Waals surface area contributed by atoms with Gasteiger partial charge in [0.25, 0.3) is 0 Å². The van der Waals surface area contributed by atoms with Crippen molar-refractivity contribution in [3.8, 4) is 5.75 Å². The number of ether oxygens (including phenoxy) is 1. The molecule has 0 aliphatic rings. The number of benzene rings is 1.